The number of nitrogens with zero attached hydrogens (tertiary/aromatic N) is 1. The summed E-state index contributed by atoms with van der Waals surface area (Å²) in [5.74, 6) is 0.0728. The molecule has 1 fully saturated rings. The molecule has 0 aliphatic carbocycles. The smallest absolute Gasteiger partial charge is 0.222 e. The number of ether oxygens (including phenoxy) is 1. The third-order valence-corrected chi connectivity index (χ3v) is 3.84. The lowest BCUT2D eigenvalue weighted by Gasteiger charge is -2.32. The molecule has 1 aromatic rings. The normalized spacial score (nSPS) is 17.5. The van der Waals surface area contributed by atoms with Crippen LogP contribution in [0.15, 0.2) is 30.3 Å². The Labute approximate surface area is 157 Å². The first-order valence-electron chi connectivity index (χ1n) is 8.12. The molecule has 1 aromatic carbocycles. The van der Waals surface area contributed by atoms with E-state index in [0.29, 0.717) is 26.1 Å². The highest BCUT2D eigenvalue weighted by Gasteiger charge is 2.22. The summed E-state index contributed by atoms with van der Waals surface area (Å²) in [6.07, 6.45) is 2.32. The Morgan fingerprint density at radius 1 is 1.25 bits per heavy atom. The number of hydrogen-bond donors (Lipinski definition) is 2. The first kappa shape index (κ1) is 23.1. The minimum absolute atomic E-state index is 0. The molecular weight excluding hydrogens is 349 g/mol. The Morgan fingerprint density at radius 3 is 2.71 bits per heavy atom. The van der Waals surface area contributed by atoms with E-state index in [2.05, 4.69) is 34.5 Å². The van der Waals surface area contributed by atoms with Crippen molar-refractivity contribution in [3.63, 3.8) is 0 Å². The van der Waals surface area contributed by atoms with Crippen LogP contribution in [0.2, 0.25) is 0 Å². The van der Waals surface area contributed by atoms with E-state index < -0.39 is 0 Å². The average Bonchev–Trinajstić information content (AvgIpc) is 2.53. The SMILES string of the molecule is Cl.Cl.NCCCCNC(=O)CC1CN(Cc2ccccc2)CCO1. The molecule has 0 spiro atoms. The van der Waals surface area contributed by atoms with Crippen molar-refractivity contribution < 1.29 is 9.53 Å². The molecule has 138 valence electrons. The minimum Gasteiger partial charge on any atom is -0.375 e. The van der Waals surface area contributed by atoms with Gasteiger partial charge in [-0.15, -0.1) is 24.8 Å². The summed E-state index contributed by atoms with van der Waals surface area (Å²) in [5, 5.41) is 2.94. The van der Waals surface area contributed by atoms with Crippen LogP contribution < -0.4 is 11.1 Å². The molecular formula is C17H29Cl2N3O2. The number of morpholine rings is 1. The fourth-order valence-electron chi connectivity index (χ4n) is 2.67. The summed E-state index contributed by atoms with van der Waals surface area (Å²) >= 11 is 0. The fraction of sp³-hybridized carbons (Fsp3) is 0.588. The predicted octanol–water partition coefficient (Wildman–Crippen LogP) is 1.98. The van der Waals surface area contributed by atoms with Crippen LogP contribution in [0.25, 0.3) is 0 Å². The van der Waals surface area contributed by atoms with Gasteiger partial charge in [0.2, 0.25) is 5.91 Å². The van der Waals surface area contributed by atoms with Crippen LogP contribution in [-0.4, -0.2) is 49.7 Å². The van der Waals surface area contributed by atoms with Gasteiger partial charge in [0.1, 0.15) is 0 Å². The van der Waals surface area contributed by atoms with Crippen molar-refractivity contribution in [1.82, 2.24) is 10.2 Å². The molecule has 0 radical (unpaired) electrons. The van der Waals surface area contributed by atoms with Gasteiger partial charge in [0, 0.05) is 26.2 Å². The molecule has 7 heteroatoms. The van der Waals surface area contributed by atoms with E-state index in [-0.39, 0.29) is 36.8 Å². The molecule has 0 aromatic heterocycles. The molecule has 3 N–H and O–H groups in total. The molecule has 2 rings (SSSR count). The summed E-state index contributed by atoms with van der Waals surface area (Å²) in [6.45, 7) is 4.72. The Morgan fingerprint density at radius 2 is 2.00 bits per heavy atom. The molecule has 1 atom stereocenters. The number of unbranched alkanes of at least 4 members (excludes halogenated alkanes) is 1. The van der Waals surface area contributed by atoms with E-state index in [1.165, 1.54) is 5.56 Å². The van der Waals surface area contributed by atoms with Crippen molar-refractivity contribution in [2.45, 2.75) is 31.9 Å². The number of hydrogen-bond acceptors (Lipinski definition) is 4. The van der Waals surface area contributed by atoms with E-state index in [0.717, 1.165) is 32.5 Å². The van der Waals surface area contributed by atoms with Gasteiger partial charge in [-0.25, -0.2) is 0 Å². The molecule has 1 aliphatic rings. The van der Waals surface area contributed by atoms with Gasteiger partial charge in [0.25, 0.3) is 0 Å². The van der Waals surface area contributed by atoms with E-state index in [1.807, 2.05) is 6.07 Å². The second-order valence-electron chi connectivity index (χ2n) is 5.76. The monoisotopic (exact) mass is 377 g/mol. The number of carbonyl (C=O) groups excluding carboxylic acids is 1. The summed E-state index contributed by atoms with van der Waals surface area (Å²) in [6, 6.07) is 10.4. The predicted molar refractivity (Wildman–Crippen MR) is 102 cm³/mol. The lowest BCUT2D eigenvalue weighted by atomic mass is 10.1. The highest BCUT2D eigenvalue weighted by molar-refractivity contribution is 5.85. The van der Waals surface area contributed by atoms with Crippen LogP contribution in [0.3, 0.4) is 0 Å². The van der Waals surface area contributed by atoms with Crippen molar-refractivity contribution in [3.05, 3.63) is 35.9 Å². The Balaban J connectivity index is 0.00000264. The van der Waals surface area contributed by atoms with Crippen LogP contribution in [0.5, 0.6) is 0 Å². The number of nitrogens with two attached hydrogens (primary N) is 1. The molecule has 24 heavy (non-hydrogen) atoms. The fourth-order valence-corrected chi connectivity index (χ4v) is 2.67. The van der Waals surface area contributed by atoms with E-state index in [9.17, 15) is 4.79 Å². The van der Waals surface area contributed by atoms with Crippen molar-refractivity contribution in [3.8, 4) is 0 Å². The van der Waals surface area contributed by atoms with E-state index in [4.69, 9.17) is 10.5 Å². The lowest BCUT2D eigenvalue weighted by molar-refractivity contribution is -0.126. The first-order chi connectivity index (χ1) is 10.8. The van der Waals surface area contributed by atoms with Crippen molar-refractivity contribution in [1.29, 1.82) is 0 Å². The maximum absolute atomic E-state index is 11.9. The highest BCUT2D eigenvalue weighted by atomic mass is 35.5. The van der Waals surface area contributed by atoms with Crippen molar-refractivity contribution in [2.24, 2.45) is 5.73 Å². The maximum Gasteiger partial charge on any atom is 0.222 e. The van der Waals surface area contributed by atoms with Gasteiger partial charge in [0.15, 0.2) is 0 Å². The summed E-state index contributed by atoms with van der Waals surface area (Å²) in [7, 11) is 0. The van der Waals surface area contributed by atoms with Crippen LogP contribution in [-0.2, 0) is 16.1 Å². The number of carbonyl (C=O) groups is 1. The molecule has 1 heterocycles. The molecule has 5 nitrogen and oxygen atoms in total. The quantitative estimate of drug-likeness (QED) is 0.679. The third kappa shape index (κ3) is 8.85. The number of halogens is 2. The number of rotatable bonds is 8. The van der Waals surface area contributed by atoms with Gasteiger partial charge in [-0.3, -0.25) is 9.69 Å². The summed E-state index contributed by atoms with van der Waals surface area (Å²) in [4.78, 5) is 14.3. The topological polar surface area (TPSA) is 67.6 Å². The van der Waals surface area contributed by atoms with Gasteiger partial charge in [-0.2, -0.15) is 0 Å². The zero-order valence-electron chi connectivity index (χ0n) is 14.0. The zero-order chi connectivity index (χ0) is 15.6. The van der Waals surface area contributed by atoms with Crippen LogP contribution in [0.4, 0.5) is 0 Å². The van der Waals surface area contributed by atoms with E-state index in [1.54, 1.807) is 0 Å². The Bertz CT molecular complexity index is 449. The van der Waals surface area contributed by atoms with Crippen LogP contribution in [0.1, 0.15) is 24.8 Å². The van der Waals surface area contributed by atoms with Crippen LogP contribution >= 0.6 is 24.8 Å². The number of benzene rings is 1. The second-order valence-corrected chi connectivity index (χ2v) is 5.76. The Kier molecular flexibility index (Phi) is 13.0. The third-order valence-electron chi connectivity index (χ3n) is 3.84. The molecule has 1 amide bonds. The molecule has 1 unspecified atom stereocenters. The average molecular weight is 378 g/mol. The standard InChI is InChI=1S/C17H27N3O2.2ClH/c18-8-4-5-9-19-17(21)12-16-14-20(10-11-22-16)13-15-6-2-1-3-7-15;;/h1-3,6-7,16H,4-5,8-14,18H2,(H,19,21);2*1H. The first-order valence-corrected chi connectivity index (χ1v) is 8.12. The zero-order valence-corrected chi connectivity index (χ0v) is 15.6. The Hall–Kier alpha value is -0.850. The minimum atomic E-state index is -0.00743. The molecule has 1 saturated heterocycles. The summed E-state index contributed by atoms with van der Waals surface area (Å²) < 4.78 is 5.72. The largest absolute Gasteiger partial charge is 0.375 e. The molecule has 0 bridgehead atoms. The van der Waals surface area contributed by atoms with Gasteiger partial charge in [-0.05, 0) is 24.9 Å². The van der Waals surface area contributed by atoms with Gasteiger partial charge in [-0.1, -0.05) is 30.3 Å². The second kappa shape index (κ2) is 13.4. The lowest BCUT2D eigenvalue weighted by Crippen LogP contribution is -2.44. The van der Waals surface area contributed by atoms with Gasteiger partial charge >= 0.3 is 0 Å². The van der Waals surface area contributed by atoms with Gasteiger partial charge in [0.05, 0.1) is 19.1 Å². The molecule has 0 saturated carbocycles. The number of nitrogens with one attached hydrogen (secondary N) is 1. The number of amides is 1. The van der Waals surface area contributed by atoms with E-state index >= 15 is 0 Å². The van der Waals surface area contributed by atoms with Crippen molar-refractivity contribution >= 4 is 30.7 Å². The maximum atomic E-state index is 11.9. The molecule has 1 aliphatic heterocycles. The summed E-state index contributed by atoms with van der Waals surface area (Å²) in [5.41, 5.74) is 6.74. The van der Waals surface area contributed by atoms with Crippen LogP contribution in [0, 0.1) is 0 Å². The highest BCUT2D eigenvalue weighted by Crippen LogP contribution is 2.12. The van der Waals surface area contributed by atoms with Crippen molar-refractivity contribution in [2.75, 3.05) is 32.8 Å². The van der Waals surface area contributed by atoms with Gasteiger partial charge < -0.3 is 15.8 Å².